The van der Waals surface area contributed by atoms with Gasteiger partial charge < -0.3 is 24.9 Å². The normalized spacial score (nSPS) is 15.2. The monoisotopic (exact) mass is 468 g/mol. The minimum Gasteiger partial charge on any atom is -0.481 e. The van der Waals surface area contributed by atoms with Crippen molar-refractivity contribution in [3.05, 3.63) is 77.5 Å². The number of aliphatic carboxylic acids is 1. The SMILES string of the molecule is Cc1ccc(NC(=O)C2(c3ccc4c(c3)OCO4)CC2)cc1-c1ccc2[nH]cc(CC(=O)O)c2c1. The lowest BCUT2D eigenvalue weighted by atomic mass is 9.94. The van der Waals surface area contributed by atoms with Gasteiger partial charge in [-0.2, -0.15) is 0 Å². The second-order valence-electron chi connectivity index (χ2n) is 9.28. The minimum atomic E-state index is -0.867. The predicted octanol–water partition coefficient (Wildman–Crippen LogP) is 5.17. The molecule has 176 valence electrons. The van der Waals surface area contributed by atoms with Crippen molar-refractivity contribution in [2.45, 2.75) is 31.6 Å². The molecule has 0 unspecified atom stereocenters. The van der Waals surface area contributed by atoms with Crippen LogP contribution in [-0.4, -0.2) is 28.8 Å². The molecule has 2 heterocycles. The molecule has 3 N–H and O–H groups in total. The number of aryl methyl sites for hydroxylation is 1. The molecule has 2 aliphatic rings. The second-order valence-corrected chi connectivity index (χ2v) is 9.28. The van der Waals surface area contributed by atoms with Crippen molar-refractivity contribution in [2.24, 2.45) is 0 Å². The number of rotatable bonds is 6. The van der Waals surface area contributed by atoms with Gasteiger partial charge in [0.1, 0.15) is 0 Å². The molecular weight excluding hydrogens is 444 g/mol. The number of carboxylic acids is 1. The lowest BCUT2D eigenvalue weighted by molar-refractivity contribution is -0.136. The molecule has 6 rings (SSSR count). The Kier molecular flexibility index (Phi) is 4.81. The molecule has 0 bridgehead atoms. The van der Waals surface area contributed by atoms with E-state index in [2.05, 4.69) is 10.3 Å². The number of hydrogen-bond donors (Lipinski definition) is 3. The van der Waals surface area contributed by atoms with Crippen LogP contribution in [0.2, 0.25) is 0 Å². The highest BCUT2D eigenvalue weighted by Crippen LogP contribution is 2.51. The highest BCUT2D eigenvalue weighted by atomic mass is 16.7. The Morgan fingerprint density at radius 2 is 1.86 bits per heavy atom. The summed E-state index contributed by atoms with van der Waals surface area (Å²) >= 11 is 0. The van der Waals surface area contributed by atoms with Gasteiger partial charge in [-0.1, -0.05) is 18.2 Å². The van der Waals surface area contributed by atoms with Gasteiger partial charge in [-0.05, 0) is 84.0 Å². The van der Waals surface area contributed by atoms with E-state index in [0.29, 0.717) is 11.5 Å². The van der Waals surface area contributed by atoms with E-state index in [-0.39, 0.29) is 19.1 Å². The van der Waals surface area contributed by atoms with E-state index in [9.17, 15) is 14.7 Å². The standard InChI is InChI=1S/C28H24N2O5/c1-16-2-5-20(13-21(16)17-3-6-23-22(10-17)18(14-29-23)11-26(31)32)30-27(33)28(8-9-28)19-4-7-24-25(12-19)35-15-34-24/h2-7,10,12-14,29H,8-9,11,15H2,1H3,(H,30,33)(H,31,32). The van der Waals surface area contributed by atoms with Crippen LogP contribution in [0.4, 0.5) is 5.69 Å². The zero-order valence-corrected chi connectivity index (χ0v) is 19.2. The van der Waals surface area contributed by atoms with E-state index in [0.717, 1.165) is 57.2 Å². The van der Waals surface area contributed by atoms with Crippen molar-refractivity contribution >= 4 is 28.5 Å². The molecule has 0 radical (unpaired) electrons. The number of aromatic nitrogens is 1. The second kappa shape index (κ2) is 7.91. The number of ether oxygens (including phenoxy) is 2. The maximum Gasteiger partial charge on any atom is 0.307 e. The number of carboxylic acid groups (broad SMARTS) is 1. The molecule has 3 aromatic carbocycles. The Bertz CT molecular complexity index is 1500. The van der Waals surface area contributed by atoms with Crippen molar-refractivity contribution in [1.82, 2.24) is 4.98 Å². The third-order valence-corrected chi connectivity index (χ3v) is 7.03. The van der Waals surface area contributed by atoms with Gasteiger partial charge >= 0.3 is 5.97 Å². The van der Waals surface area contributed by atoms with Crippen LogP contribution in [0.25, 0.3) is 22.0 Å². The van der Waals surface area contributed by atoms with Crippen molar-refractivity contribution in [1.29, 1.82) is 0 Å². The summed E-state index contributed by atoms with van der Waals surface area (Å²) in [5, 5.41) is 13.2. The molecule has 0 saturated heterocycles. The summed E-state index contributed by atoms with van der Waals surface area (Å²) < 4.78 is 10.9. The molecule has 1 aromatic heterocycles. The van der Waals surface area contributed by atoms with Crippen LogP contribution >= 0.6 is 0 Å². The largest absolute Gasteiger partial charge is 0.481 e. The lowest BCUT2D eigenvalue weighted by Crippen LogP contribution is -2.27. The molecule has 0 atom stereocenters. The van der Waals surface area contributed by atoms with Crippen LogP contribution in [-0.2, 0) is 21.4 Å². The van der Waals surface area contributed by atoms with Gasteiger partial charge in [0.25, 0.3) is 0 Å². The van der Waals surface area contributed by atoms with Crippen LogP contribution in [0.1, 0.15) is 29.5 Å². The fraction of sp³-hybridized carbons (Fsp3) is 0.214. The number of fused-ring (bicyclic) bond motifs is 2. The Balaban J connectivity index is 1.29. The maximum absolute atomic E-state index is 13.4. The van der Waals surface area contributed by atoms with Gasteiger partial charge in [0.2, 0.25) is 12.7 Å². The Labute approximate surface area is 201 Å². The topological polar surface area (TPSA) is 101 Å². The smallest absolute Gasteiger partial charge is 0.307 e. The van der Waals surface area contributed by atoms with Gasteiger partial charge in [-0.15, -0.1) is 0 Å². The van der Waals surface area contributed by atoms with Crippen LogP contribution in [0.5, 0.6) is 11.5 Å². The zero-order valence-electron chi connectivity index (χ0n) is 19.2. The number of carbonyl (C=O) groups is 2. The lowest BCUT2D eigenvalue weighted by Gasteiger charge is -2.17. The average Bonchev–Trinajstić information content (AvgIpc) is 3.37. The third kappa shape index (κ3) is 3.69. The van der Waals surface area contributed by atoms with Crippen LogP contribution in [0, 0.1) is 6.92 Å². The molecule has 1 saturated carbocycles. The Hall–Kier alpha value is -4.26. The van der Waals surface area contributed by atoms with Crippen molar-refractivity contribution in [3.8, 4) is 22.6 Å². The quantitative estimate of drug-likeness (QED) is 0.363. The molecule has 1 fully saturated rings. The van der Waals surface area contributed by atoms with E-state index < -0.39 is 11.4 Å². The first-order valence-electron chi connectivity index (χ1n) is 11.6. The van der Waals surface area contributed by atoms with Crippen LogP contribution in [0.3, 0.4) is 0 Å². The molecule has 4 aromatic rings. The number of carbonyl (C=O) groups excluding carboxylic acids is 1. The number of amides is 1. The Morgan fingerprint density at radius 1 is 1.03 bits per heavy atom. The van der Waals surface area contributed by atoms with E-state index in [1.54, 1.807) is 6.20 Å². The van der Waals surface area contributed by atoms with Gasteiger partial charge in [0.05, 0.1) is 11.8 Å². The predicted molar refractivity (Wildman–Crippen MR) is 132 cm³/mol. The number of nitrogens with one attached hydrogen (secondary N) is 2. The van der Waals surface area contributed by atoms with Crippen molar-refractivity contribution in [2.75, 3.05) is 12.1 Å². The molecular formula is C28H24N2O5. The number of aromatic amines is 1. The van der Waals surface area contributed by atoms with Gasteiger partial charge in [-0.25, -0.2) is 0 Å². The molecule has 0 spiro atoms. The molecule has 1 aliphatic carbocycles. The highest BCUT2D eigenvalue weighted by Gasteiger charge is 2.51. The fourth-order valence-electron chi connectivity index (χ4n) is 4.88. The highest BCUT2D eigenvalue weighted by molar-refractivity contribution is 6.02. The van der Waals surface area contributed by atoms with E-state index in [4.69, 9.17) is 9.47 Å². The summed E-state index contributed by atoms with van der Waals surface area (Å²) in [5.41, 5.74) is 5.77. The fourth-order valence-corrected chi connectivity index (χ4v) is 4.88. The van der Waals surface area contributed by atoms with Gasteiger partial charge in [-0.3, -0.25) is 9.59 Å². The molecule has 35 heavy (non-hydrogen) atoms. The Morgan fingerprint density at radius 3 is 2.66 bits per heavy atom. The first-order chi connectivity index (χ1) is 16.9. The van der Waals surface area contributed by atoms with Crippen molar-refractivity contribution < 1.29 is 24.2 Å². The van der Waals surface area contributed by atoms with E-state index in [1.165, 1.54) is 0 Å². The first kappa shape index (κ1) is 21.3. The van der Waals surface area contributed by atoms with Gasteiger partial charge in [0, 0.05) is 22.8 Å². The summed E-state index contributed by atoms with van der Waals surface area (Å²) in [6, 6.07) is 17.6. The van der Waals surface area contributed by atoms with Gasteiger partial charge in [0.15, 0.2) is 11.5 Å². The summed E-state index contributed by atoms with van der Waals surface area (Å²) in [6.45, 7) is 2.23. The first-order valence-corrected chi connectivity index (χ1v) is 11.6. The third-order valence-electron chi connectivity index (χ3n) is 7.03. The molecule has 1 aliphatic heterocycles. The van der Waals surface area contributed by atoms with Crippen LogP contribution < -0.4 is 14.8 Å². The minimum absolute atomic E-state index is 0.0315. The number of benzene rings is 3. The van der Waals surface area contributed by atoms with E-state index in [1.807, 2.05) is 61.5 Å². The number of hydrogen-bond acceptors (Lipinski definition) is 4. The summed E-state index contributed by atoms with van der Waals surface area (Å²) in [6.07, 6.45) is 3.28. The number of H-pyrrole nitrogens is 1. The molecule has 7 heteroatoms. The maximum atomic E-state index is 13.4. The number of anilines is 1. The van der Waals surface area contributed by atoms with E-state index >= 15 is 0 Å². The molecule has 1 amide bonds. The van der Waals surface area contributed by atoms with Crippen LogP contribution in [0.15, 0.2) is 60.8 Å². The average molecular weight is 469 g/mol. The summed E-state index contributed by atoms with van der Waals surface area (Å²) in [5.74, 6) is 0.491. The zero-order chi connectivity index (χ0) is 24.2. The molecule has 7 nitrogen and oxygen atoms in total. The summed E-state index contributed by atoms with van der Waals surface area (Å²) in [7, 11) is 0. The summed E-state index contributed by atoms with van der Waals surface area (Å²) in [4.78, 5) is 27.8. The van der Waals surface area contributed by atoms with Crippen molar-refractivity contribution in [3.63, 3.8) is 0 Å².